The topological polar surface area (TPSA) is 107 Å². The molecule has 1 heterocycles. The van der Waals surface area contributed by atoms with Gasteiger partial charge in [0.2, 0.25) is 5.91 Å². The molecule has 3 rings (SSSR count). The second-order valence-corrected chi connectivity index (χ2v) is 7.97. The predicted octanol–water partition coefficient (Wildman–Crippen LogP) is 3.27. The van der Waals surface area contributed by atoms with Crippen molar-refractivity contribution >= 4 is 23.7 Å². The molecule has 9 nitrogen and oxygen atoms in total. The number of aromatic nitrogens is 3. The van der Waals surface area contributed by atoms with Gasteiger partial charge < -0.3 is 19.4 Å². The summed E-state index contributed by atoms with van der Waals surface area (Å²) in [6, 6.07) is 17.2. The number of rotatable bonds is 12. The Labute approximate surface area is 202 Å². The fourth-order valence-electron chi connectivity index (χ4n) is 3.03. The van der Waals surface area contributed by atoms with Crippen LogP contribution in [0.1, 0.15) is 5.82 Å². The van der Waals surface area contributed by atoms with Crippen LogP contribution in [0.3, 0.4) is 0 Å². The molecule has 0 aliphatic carbocycles. The molecule has 0 saturated heterocycles. The fraction of sp³-hybridized carbons (Fsp3) is 0.250. The Bertz CT molecular complexity index is 1100. The van der Waals surface area contributed by atoms with Gasteiger partial charge in [-0.3, -0.25) is 10.1 Å². The summed E-state index contributed by atoms with van der Waals surface area (Å²) < 4.78 is 13.2. The molecular formula is C24H27N5O4S. The minimum absolute atomic E-state index is 0.00429. The Hall–Kier alpha value is -3.63. The highest BCUT2D eigenvalue weighted by atomic mass is 32.2. The highest BCUT2D eigenvalue weighted by Gasteiger charge is 2.16. The largest absolute Gasteiger partial charge is 0.485 e. The summed E-state index contributed by atoms with van der Waals surface area (Å²) in [6.07, 6.45) is 1.53. The summed E-state index contributed by atoms with van der Waals surface area (Å²) in [4.78, 5) is 23.7. The minimum atomic E-state index is -0.572. The number of hydrogen-bond donors (Lipinski definition) is 2. The molecule has 0 unspecified atom stereocenters. The molecule has 178 valence electrons. The molecule has 0 aliphatic heterocycles. The SMILES string of the molecule is C=CCNC(=O)NC(=O)CSc1nnc(COc2ccccc2-c2ccccc2)n1CCOC. The molecule has 0 bridgehead atoms. The lowest BCUT2D eigenvalue weighted by Gasteiger charge is -2.13. The van der Waals surface area contributed by atoms with Crippen molar-refractivity contribution in [3.63, 3.8) is 0 Å². The van der Waals surface area contributed by atoms with Gasteiger partial charge in [-0.05, 0) is 11.6 Å². The fourth-order valence-corrected chi connectivity index (χ4v) is 3.82. The maximum atomic E-state index is 12.1. The molecule has 10 heteroatoms. The summed E-state index contributed by atoms with van der Waals surface area (Å²) >= 11 is 1.18. The molecular weight excluding hydrogens is 454 g/mol. The second kappa shape index (κ2) is 13.2. The first-order valence-electron chi connectivity index (χ1n) is 10.6. The summed E-state index contributed by atoms with van der Waals surface area (Å²) in [6.45, 7) is 4.90. The van der Waals surface area contributed by atoms with Crippen molar-refractivity contribution in [1.29, 1.82) is 0 Å². The number of methoxy groups -OCH3 is 1. The van der Waals surface area contributed by atoms with Gasteiger partial charge in [0.1, 0.15) is 12.4 Å². The molecule has 3 amide bonds. The van der Waals surface area contributed by atoms with Crippen LogP contribution in [0.4, 0.5) is 4.79 Å². The molecule has 3 aromatic rings. The molecule has 0 atom stereocenters. The zero-order valence-electron chi connectivity index (χ0n) is 18.9. The molecule has 0 saturated carbocycles. The van der Waals surface area contributed by atoms with E-state index in [1.807, 2.05) is 59.2 Å². The normalized spacial score (nSPS) is 10.5. The number of amides is 3. The van der Waals surface area contributed by atoms with Crippen LogP contribution in [0.5, 0.6) is 5.75 Å². The van der Waals surface area contributed by atoms with Gasteiger partial charge in [0.05, 0.1) is 12.4 Å². The van der Waals surface area contributed by atoms with Gasteiger partial charge in [-0.2, -0.15) is 0 Å². The third-order valence-electron chi connectivity index (χ3n) is 4.63. The first kappa shape index (κ1) is 25.0. The van der Waals surface area contributed by atoms with Crippen LogP contribution in [-0.4, -0.2) is 52.7 Å². The third kappa shape index (κ3) is 7.19. The maximum Gasteiger partial charge on any atom is 0.321 e. The Morgan fingerprint density at radius 3 is 2.65 bits per heavy atom. The number of nitrogens with one attached hydrogen (secondary N) is 2. The number of para-hydroxylation sites is 1. The van der Waals surface area contributed by atoms with E-state index < -0.39 is 11.9 Å². The molecule has 1 aromatic heterocycles. The van der Waals surface area contributed by atoms with E-state index in [1.165, 1.54) is 17.8 Å². The average molecular weight is 482 g/mol. The summed E-state index contributed by atoms with van der Waals surface area (Å²) in [5, 5.41) is 13.7. The van der Waals surface area contributed by atoms with Gasteiger partial charge in [-0.25, -0.2) is 4.79 Å². The first-order valence-corrected chi connectivity index (χ1v) is 11.6. The highest BCUT2D eigenvalue weighted by Crippen LogP contribution is 2.30. The number of carbonyl (C=O) groups excluding carboxylic acids is 2. The first-order chi connectivity index (χ1) is 16.6. The molecule has 0 fully saturated rings. The smallest absolute Gasteiger partial charge is 0.321 e. The minimum Gasteiger partial charge on any atom is -0.485 e. The van der Waals surface area contributed by atoms with Crippen molar-refractivity contribution in [1.82, 2.24) is 25.4 Å². The van der Waals surface area contributed by atoms with Crippen molar-refractivity contribution in [3.05, 3.63) is 73.1 Å². The van der Waals surface area contributed by atoms with E-state index >= 15 is 0 Å². The van der Waals surface area contributed by atoms with Crippen molar-refractivity contribution in [3.8, 4) is 16.9 Å². The van der Waals surface area contributed by atoms with Crippen molar-refractivity contribution in [2.45, 2.75) is 18.3 Å². The number of thioether (sulfide) groups is 1. The molecule has 0 radical (unpaired) electrons. The van der Waals surface area contributed by atoms with E-state index in [0.717, 1.165) is 16.9 Å². The van der Waals surface area contributed by atoms with Crippen LogP contribution in [0.25, 0.3) is 11.1 Å². The van der Waals surface area contributed by atoms with Gasteiger partial charge in [0.25, 0.3) is 0 Å². The van der Waals surface area contributed by atoms with E-state index in [4.69, 9.17) is 9.47 Å². The number of carbonyl (C=O) groups is 2. The lowest BCUT2D eigenvalue weighted by atomic mass is 10.1. The van der Waals surface area contributed by atoms with E-state index in [9.17, 15) is 9.59 Å². The van der Waals surface area contributed by atoms with Crippen LogP contribution >= 0.6 is 11.8 Å². The Morgan fingerprint density at radius 2 is 1.88 bits per heavy atom. The number of hydrogen-bond acceptors (Lipinski definition) is 7. The van der Waals surface area contributed by atoms with Gasteiger partial charge in [0.15, 0.2) is 11.0 Å². The molecule has 2 aromatic carbocycles. The van der Waals surface area contributed by atoms with Crippen molar-refractivity contribution < 1.29 is 19.1 Å². The van der Waals surface area contributed by atoms with E-state index in [2.05, 4.69) is 27.4 Å². The molecule has 34 heavy (non-hydrogen) atoms. The van der Waals surface area contributed by atoms with E-state index in [1.54, 1.807) is 7.11 Å². The van der Waals surface area contributed by atoms with Crippen molar-refractivity contribution in [2.24, 2.45) is 0 Å². The van der Waals surface area contributed by atoms with Crippen molar-refractivity contribution in [2.75, 3.05) is 26.0 Å². The number of benzene rings is 2. The van der Waals surface area contributed by atoms with Crippen LogP contribution in [0.15, 0.2) is 72.4 Å². The predicted molar refractivity (Wildman–Crippen MR) is 131 cm³/mol. The summed E-state index contributed by atoms with van der Waals surface area (Å²) in [5.74, 6) is 0.896. The Balaban J connectivity index is 1.67. The van der Waals surface area contributed by atoms with Gasteiger partial charge in [-0.15, -0.1) is 16.8 Å². The quantitative estimate of drug-likeness (QED) is 0.302. The highest BCUT2D eigenvalue weighted by molar-refractivity contribution is 7.99. The van der Waals surface area contributed by atoms with Crippen LogP contribution < -0.4 is 15.4 Å². The zero-order chi connectivity index (χ0) is 24.2. The zero-order valence-corrected chi connectivity index (χ0v) is 19.7. The second-order valence-electron chi connectivity index (χ2n) is 7.03. The Morgan fingerprint density at radius 1 is 1.12 bits per heavy atom. The van der Waals surface area contributed by atoms with Crippen LogP contribution in [0, 0.1) is 0 Å². The molecule has 0 aliphatic rings. The lowest BCUT2D eigenvalue weighted by Crippen LogP contribution is -2.40. The number of urea groups is 1. The van der Waals surface area contributed by atoms with E-state index in [0.29, 0.717) is 24.1 Å². The summed E-state index contributed by atoms with van der Waals surface area (Å²) in [5.41, 5.74) is 2.03. The van der Waals surface area contributed by atoms with Crippen LogP contribution in [-0.2, 0) is 22.7 Å². The molecule has 2 N–H and O–H groups in total. The average Bonchev–Trinajstić information content (AvgIpc) is 3.25. The standard InChI is InChI=1S/C24H27N5O4S/c1-3-13-25-23(31)26-22(30)17-34-24-28-27-21(29(24)14-15-32-2)16-33-20-12-8-7-11-19(20)18-9-5-4-6-10-18/h3-12H,1,13-17H2,2H3,(H2,25,26,30,31). The van der Waals surface area contributed by atoms with E-state index in [-0.39, 0.29) is 18.9 Å². The van der Waals surface area contributed by atoms with Crippen LogP contribution in [0.2, 0.25) is 0 Å². The Kier molecular flexibility index (Phi) is 9.68. The molecule has 0 spiro atoms. The van der Waals surface area contributed by atoms with Gasteiger partial charge >= 0.3 is 6.03 Å². The third-order valence-corrected chi connectivity index (χ3v) is 5.60. The number of imide groups is 1. The van der Waals surface area contributed by atoms with Gasteiger partial charge in [-0.1, -0.05) is 66.4 Å². The number of nitrogens with zero attached hydrogens (tertiary/aromatic N) is 3. The monoisotopic (exact) mass is 481 g/mol. The van der Waals surface area contributed by atoms with Gasteiger partial charge in [0, 0.05) is 25.8 Å². The number of ether oxygens (including phenoxy) is 2. The lowest BCUT2D eigenvalue weighted by molar-refractivity contribution is -0.117. The summed E-state index contributed by atoms with van der Waals surface area (Å²) in [7, 11) is 1.61. The maximum absolute atomic E-state index is 12.1.